The van der Waals surface area contributed by atoms with Crippen molar-refractivity contribution in [3.8, 4) is 72.7 Å². The standard InChI is InChI=1S/C100H67BN4S2/c1-100(2,3)69-59-77(64-31-12-6-13-32-64)98(78(60-69)65-33-14-7-15-34-65)105-90-61-70(102-82-40-21-16-39-75(82)76-50-47-67(56-89(76)102)63-29-10-5-11-30-63)49-51-80(90)101-81-52-54-93-96(79-55-66(48-53-92(79)106-93)62-27-8-4-9-28-62)99(81)107-94-58-68(57-91(105)97(94)101)95-87(103-83-41-22-17-35-71(83)72-36-18-23-42-84(72)103)45-26-46-88(95)104-85-43-24-19-37-73(85)74-38-20-25-44-86(74)104/h4-61H,1-3H3. The molecule has 0 bridgehead atoms. The van der Waals surface area contributed by atoms with Crippen LogP contribution in [-0.2, 0) is 5.41 Å². The van der Waals surface area contributed by atoms with Crippen LogP contribution in [0.2, 0.25) is 0 Å². The molecule has 16 aromatic carbocycles. The fourth-order valence-corrected chi connectivity index (χ4v) is 20.5. The maximum atomic E-state index is 2.75. The van der Waals surface area contributed by atoms with Crippen LogP contribution in [0.15, 0.2) is 362 Å². The number of aromatic nitrogens is 3. The Bertz CT molecular complexity index is 6780. The summed E-state index contributed by atoms with van der Waals surface area (Å²) in [6, 6.07) is 133. The van der Waals surface area contributed by atoms with Crippen molar-refractivity contribution >= 4 is 149 Å². The van der Waals surface area contributed by atoms with Crippen LogP contribution in [-0.4, -0.2) is 20.4 Å². The molecule has 6 heterocycles. The van der Waals surface area contributed by atoms with Crippen molar-refractivity contribution in [3.05, 3.63) is 357 Å². The zero-order valence-corrected chi connectivity index (χ0v) is 60.8. The molecule has 20 aromatic rings. The molecular weight excluding hydrogens is 1330 g/mol. The first kappa shape index (κ1) is 61.8. The zero-order valence-electron chi connectivity index (χ0n) is 59.2. The van der Waals surface area contributed by atoms with E-state index in [1.807, 2.05) is 23.1 Å². The molecule has 502 valence electrons. The van der Waals surface area contributed by atoms with Gasteiger partial charge in [-0.15, -0.1) is 11.3 Å². The normalized spacial score (nSPS) is 12.7. The van der Waals surface area contributed by atoms with Crippen molar-refractivity contribution in [2.45, 2.75) is 36.0 Å². The molecule has 2 aliphatic heterocycles. The first-order valence-electron chi connectivity index (χ1n) is 37.1. The number of para-hydroxylation sites is 5. The topological polar surface area (TPSA) is 18.0 Å². The van der Waals surface area contributed by atoms with E-state index in [0.29, 0.717) is 0 Å². The fraction of sp³-hybridized carbons (Fsp3) is 0.0400. The molecule has 0 N–H and O–H groups in total. The Balaban J connectivity index is 0.922. The average Bonchev–Trinajstić information content (AvgIpc) is 1.27. The average molecular weight is 1400 g/mol. The van der Waals surface area contributed by atoms with Crippen LogP contribution < -0.4 is 21.3 Å². The molecule has 0 amide bonds. The molecule has 0 spiro atoms. The smallest absolute Gasteiger partial charge is 0.249 e. The largest absolute Gasteiger partial charge is 0.310 e. The van der Waals surface area contributed by atoms with Gasteiger partial charge in [0.2, 0.25) is 6.71 Å². The molecule has 2 aliphatic rings. The maximum Gasteiger partial charge on any atom is 0.249 e. The lowest BCUT2D eigenvalue weighted by atomic mass is 9.34. The van der Waals surface area contributed by atoms with Crippen LogP contribution in [0, 0.1) is 0 Å². The third-order valence-electron chi connectivity index (χ3n) is 22.8. The van der Waals surface area contributed by atoms with E-state index in [9.17, 15) is 0 Å². The van der Waals surface area contributed by atoms with Crippen molar-refractivity contribution in [2.24, 2.45) is 0 Å². The number of rotatable bonds is 9. The van der Waals surface area contributed by atoms with Gasteiger partial charge < -0.3 is 18.6 Å². The van der Waals surface area contributed by atoms with Crippen molar-refractivity contribution in [2.75, 3.05) is 4.90 Å². The van der Waals surface area contributed by atoms with E-state index in [4.69, 9.17) is 0 Å². The molecular formula is C100H67BN4S2. The summed E-state index contributed by atoms with van der Waals surface area (Å²) < 4.78 is 10.2. The lowest BCUT2D eigenvalue weighted by Crippen LogP contribution is -2.60. The Kier molecular flexibility index (Phi) is 13.8. The quantitative estimate of drug-likeness (QED) is 0.134. The molecule has 107 heavy (non-hydrogen) atoms. The Hall–Kier alpha value is -12.6. The lowest BCUT2D eigenvalue weighted by molar-refractivity contribution is 0.591. The van der Waals surface area contributed by atoms with Gasteiger partial charge >= 0.3 is 0 Å². The van der Waals surface area contributed by atoms with Gasteiger partial charge in [0.15, 0.2) is 0 Å². The molecule has 0 aliphatic carbocycles. The summed E-state index contributed by atoms with van der Waals surface area (Å²) in [6.45, 7) is 6.90. The minimum atomic E-state index is -0.211. The summed E-state index contributed by atoms with van der Waals surface area (Å²) >= 11 is 3.88. The molecule has 0 atom stereocenters. The summed E-state index contributed by atoms with van der Waals surface area (Å²) in [5.41, 5.74) is 30.2. The Labute approximate surface area is 629 Å². The second kappa shape index (κ2) is 23.9. The molecule has 0 fully saturated rings. The van der Waals surface area contributed by atoms with Crippen LogP contribution in [0.4, 0.5) is 17.1 Å². The van der Waals surface area contributed by atoms with E-state index in [1.54, 1.807) is 0 Å². The van der Waals surface area contributed by atoms with E-state index in [-0.39, 0.29) is 12.1 Å². The molecule has 4 aromatic heterocycles. The highest BCUT2D eigenvalue weighted by molar-refractivity contribution is 8.00. The number of hydrogen-bond donors (Lipinski definition) is 0. The molecule has 0 saturated carbocycles. The van der Waals surface area contributed by atoms with Gasteiger partial charge in [-0.2, -0.15) is 0 Å². The first-order chi connectivity index (χ1) is 52.7. The van der Waals surface area contributed by atoms with Gasteiger partial charge in [-0.1, -0.05) is 287 Å². The number of thiophene rings is 1. The predicted molar refractivity (Wildman–Crippen MR) is 458 cm³/mol. The number of benzene rings is 16. The number of fused-ring (bicyclic) bond motifs is 17. The number of nitrogens with zero attached hydrogens (tertiary/aromatic N) is 4. The number of hydrogen-bond acceptors (Lipinski definition) is 3. The van der Waals surface area contributed by atoms with E-state index < -0.39 is 0 Å². The Morgan fingerprint density at radius 1 is 0.299 bits per heavy atom. The number of anilines is 3. The lowest BCUT2D eigenvalue weighted by Gasteiger charge is -2.42. The summed E-state index contributed by atoms with van der Waals surface area (Å²) in [5.74, 6) is 0. The maximum absolute atomic E-state index is 2.75. The van der Waals surface area contributed by atoms with Crippen molar-refractivity contribution < 1.29 is 0 Å². The van der Waals surface area contributed by atoms with Gasteiger partial charge in [-0.05, 0) is 164 Å². The van der Waals surface area contributed by atoms with Crippen molar-refractivity contribution in [1.29, 1.82) is 0 Å². The van der Waals surface area contributed by atoms with Gasteiger partial charge in [0.1, 0.15) is 0 Å². The third kappa shape index (κ3) is 9.50. The van der Waals surface area contributed by atoms with E-state index in [1.165, 1.54) is 106 Å². The predicted octanol–water partition coefficient (Wildman–Crippen LogP) is 25.7. The van der Waals surface area contributed by atoms with Crippen LogP contribution in [0.5, 0.6) is 0 Å². The summed E-state index contributed by atoms with van der Waals surface area (Å²) in [4.78, 5) is 5.29. The van der Waals surface area contributed by atoms with Gasteiger partial charge in [-0.3, -0.25) is 0 Å². The second-order valence-electron chi connectivity index (χ2n) is 29.8. The molecule has 0 radical (unpaired) electrons. The van der Waals surface area contributed by atoms with Gasteiger partial charge in [-0.25, -0.2) is 0 Å². The van der Waals surface area contributed by atoms with Crippen LogP contribution in [0.25, 0.3) is 158 Å². The van der Waals surface area contributed by atoms with Crippen LogP contribution in [0.3, 0.4) is 0 Å². The highest BCUT2D eigenvalue weighted by atomic mass is 32.2. The molecule has 0 saturated heterocycles. The van der Waals surface area contributed by atoms with E-state index in [2.05, 4.69) is 391 Å². The summed E-state index contributed by atoms with van der Waals surface area (Å²) in [7, 11) is 0. The minimum absolute atomic E-state index is 0.191. The van der Waals surface area contributed by atoms with Gasteiger partial charge in [0.25, 0.3) is 0 Å². The van der Waals surface area contributed by atoms with E-state index in [0.717, 1.165) is 101 Å². The SMILES string of the molecule is CC(C)(C)c1cc(-c2ccccc2)c(N2c3cc(-n4c5ccccc5c5ccc(-c6ccccc6)cc54)ccc3B3c4ccc5sc6ccc(-c7ccccc7)cc6c5c4Sc4cc(-c5c(-n6c7ccccc7c7ccccc76)cccc5-n5c6ccccc6c6ccccc65)cc2c43)c(-c2ccccc2)c1. The first-order valence-corrected chi connectivity index (χ1v) is 38.7. The van der Waals surface area contributed by atoms with Crippen molar-refractivity contribution in [3.63, 3.8) is 0 Å². The Morgan fingerprint density at radius 2 is 0.757 bits per heavy atom. The highest BCUT2D eigenvalue weighted by Crippen LogP contribution is 2.55. The Morgan fingerprint density at radius 3 is 1.29 bits per heavy atom. The van der Waals surface area contributed by atoms with E-state index >= 15 is 0 Å². The van der Waals surface area contributed by atoms with Gasteiger partial charge in [0, 0.05) is 96.0 Å². The molecule has 4 nitrogen and oxygen atoms in total. The minimum Gasteiger partial charge on any atom is -0.310 e. The third-order valence-corrected chi connectivity index (χ3v) is 25.2. The second-order valence-corrected chi connectivity index (χ2v) is 32.0. The molecule has 7 heteroatoms. The van der Waals surface area contributed by atoms with Crippen LogP contribution >= 0.6 is 23.1 Å². The van der Waals surface area contributed by atoms with Crippen LogP contribution in [0.1, 0.15) is 26.3 Å². The summed E-state index contributed by atoms with van der Waals surface area (Å²) in [5, 5.41) is 9.89. The van der Waals surface area contributed by atoms with Gasteiger partial charge in [0.05, 0.1) is 50.2 Å². The molecule has 0 unspecified atom stereocenters. The van der Waals surface area contributed by atoms with Crippen molar-refractivity contribution in [1.82, 2.24) is 13.7 Å². The monoisotopic (exact) mass is 1400 g/mol. The molecule has 22 rings (SSSR count). The zero-order chi connectivity index (χ0) is 70.8. The fourth-order valence-electron chi connectivity index (χ4n) is 18.0. The highest BCUT2D eigenvalue weighted by Gasteiger charge is 2.44. The summed E-state index contributed by atoms with van der Waals surface area (Å²) in [6.07, 6.45) is 0.